The minimum Gasteiger partial charge on any atom is -0.398 e. The van der Waals surface area contributed by atoms with Gasteiger partial charge in [-0.1, -0.05) is 63.2 Å². The average Bonchev–Trinajstić information content (AvgIpc) is 1.53. The summed E-state index contributed by atoms with van der Waals surface area (Å²) >= 11 is 0. The Morgan fingerprint density at radius 1 is 0.368 bits per heavy atom. The number of nitrogens with one attached hydrogen (secondary N) is 5. The monoisotopic (exact) mass is 1320 g/mol. The lowest BCUT2D eigenvalue weighted by Gasteiger charge is -2.30. The first kappa shape index (κ1) is 36.7. The van der Waals surface area contributed by atoms with E-state index in [1.54, 1.807) is 18.2 Å². The second-order valence-corrected chi connectivity index (χ2v) is 21.2. The number of allylic oxidation sites excluding steroid dienone is 5. The van der Waals surface area contributed by atoms with Crippen LogP contribution in [0.4, 0.5) is 28.4 Å². The number of hydrogen-bond acceptors (Lipinski definition) is 15. The van der Waals surface area contributed by atoms with Crippen molar-refractivity contribution in [2.45, 2.75) is 127 Å². The van der Waals surface area contributed by atoms with E-state index in [4.69, 9.17) is 71.2 Å². The van der Waals surface area contributed by atoms with E-state index < -0.39 is 241 Å². The topological polar surface area (TPSA) is 377 Å². The molecule has 5 aromatic rings. The normalized spacial score (nSPS) is 34.0. The molecule has 25 heteroatoms. The number of carbonyl (C=O) groups excluding carboxylic acids is 10. The Morgan fingerprint density at radius 3 is 1.08 bits per heavy atom. The fraction of sp³-hybridized carbons (Fsp3) is 0.286. The SMILES string of the molecule is [2H]C1([2H])CC(=C)NC(=O)C1([2H])N1Cc2c(N)cccc2C1=O.[2H]C1([2H])c2c(N)cccc2C(=O)N1C1C(=O)NC(=C)C([2H])([2H])C1([2H])[2H].[2H]c1c([2H])c(N)c2c(c1[2H])C(=O)N(C1([2H])C(=O)NC(=C)CC1([2H])[2H])C2.[2H]c1c([2H])c(N)c2c(c1[2H])C(=O)N(C1C(=O)NC(=C)C([2H])([2H])C1([2H])[2H])C2.[2H]c1c([2H])c(N)c2c(c1[2H])C(=O)N(C1C(=O)NC(=C)C([2H])([2H])C1([2H])[2H])C2([2H])[2H]. The number of hydrogen-bond donors (Lipinski definition) is 10. The number of anilines is 5. The Kier molecular flexibility index (Phi) is 10.3. The molecule has 95 heavy (non-hydrogen) atoms. The van der Waals surface area contributed by atoms with Crippen molar-refractivity contribution in [1.82, 2.24) is 51.1 Å². The van der Waals surface area contributed by atoms with E-state index in [-0.39, 0.29) is 99.2 Å². The van der Waals surface area contributed by atoms with Crippen molar-refractivity contribution in [3.63, 3.8) is 0 Å². The summed E-state index contributed by atoms with van der Waals surface area (Å²) in [6.07, 6.45) is -22.2. The number of nitrogens with zero attached hydrogens (tertiary/aromatic N) is 5. The molecule has 5 fully saturated rings. The van der Waals surface area contributed by atoms with E-state index in [1.165, 1.54) is 18.2 Å². The number of rotatable bonds is 5. The van der Waals surface area contributed by atoms with Gasteiger partial charge in [-0.2, -0.15) is 0 Å². The fourth-order valence-corrected chi connectivity index (χ4v) is 10.3. The third-order valence-electron chi connectivity index (χ3n) is 14.9. The first-order chi connectivity index (χ1) is 57.4. The zero-order chi connectivity index (χ0) is 95.4. The maximum atomic E-state index is 12.9. The Bertz CT molecular complexity index is 5850. The van der Waals surface area contributed by atoms with Gasteiger partial charge in [0.1, 0.15) is 30.2 Å². The first-order valence-corrected chi connectivity index (χ1v) is 27.9. The quantitative estimate of drug-likeness (QED) is 0.103. The summed E-state index contributed by atoms with van der Waals surface area (Å²) in [4.78, 5) is 129. The number of carbonyl (C=O) groups is 10. The van der Waals surface area contributed by atoms with Crippen molar-refractivity contribution < 1.29 is 90.4 Å². The molecule has 5 saturated heterocycles. The molecule has 0 aliphatic carbocycles. The lowest BCUT2D eigenvalue weighted by Crippen LogP contribution is -2.49. The summed E-state index contributed by atoms with van der Waals surface area (Å²) in [6.45, 7) is 10.7. The van der Waals surface area contributed by atoms with E-state index in [0.29, 0.717) is 26.6 Å². The first-order valence-electron chi connectivity index (χ1n) is 43.4. The van der Waals surface area contributed by atoms with E-state index in [2.05, 4.69) is 54.2 Å². The van der Waals surface area contributed by atoms with Crippen molar-refractivity contribution in [2.75, 3.05) is 28.7 Å². The van der Waals surface area contributed by atoms with Crippen LogP contribution in [0.1, 0.15) is 186 Å². The number of fused-ring (bicyclic) bond motifs is 5. The molecule has 5 atom stereocenters. The molecule has 25 nitrogen and oxygen atoms in total. The van der Waals surface area contributed by atoms with Crippen molar-refractivity contribution in [3.8, 4) is 0 Å². The van der Waals surface area contributed by atoms with Crippen LogP contribution in [0.25, 0.3) is 0 Å². The molecular weight excluding hydrogens is 1210 g/mol. The van der Waals surface area contributed by atoms with Gasteiger partial charge in [0.05, 0.1) is 20.6 Å². The standard InChI is InChI=1S/5C14H15N3O2/c5*1-8-5-6-12(13(18)16-8)17-7-10-9(14(17)19)3-2-4-11(10)15/h5*2-4,12H,1,5-7,15H2,(H,16,18)/i2D,3D,4D,5D2,6D2,7D2;2D,3D,4D,6D2,12D;2D,3D,4D,5D2,6D2;5D2,6D2,7D2;6D2,12D. The molecule has 0 spiro atoms. The maximum Gasteiger partial charge on any atom is 0.255 e. The molecule has 10 heterocycles. The fourth-order valence-electron chi connectivity index (χ4n) is 10.3. The Labute approximate surface area is 591 Å². The van der Waals surface area contributed by atoms with Gasteiger partial charge in [-0.15, -0.1) is 0 Å². The molecule has 0 radical (unpaired) electrons. The minimum absolute atomic E-state index is 0.0115. The van der Waals surface area contributed by atoms with Gasteiger partial charge in [0.2, 0.25) is 29.5 Å². The number of nitrogens with two attached hydrogens (primary N) is 5. The summed E-state index contributed by atoms with van der Waals surface area (Å²) in [5.41, 5.74) is 26.0. The third kappa shape index (κ3) is 12.9. The van der Waals surface area contributed by atoms with Crippen LogP contribution < -0.4 is 55.3 Å². The van der Waals surface area contributed by atoms with Crippen molar-refractivity contribution >= 4 is 87.5 Å². The van der Waals surface area contributed by atoms with E-state index in [0.717, 1.165) is 9.80 Å². The predicted octanol–water partition coefficient (Wildman–Crippen LogP) is 5.08. The molecule has 490 valence electrons. The number of piperidine rings is 5. The molecule has 0 bridgehead atoms. The van der Waals surface area contributed by atoms with Gasteiger partial charge in [0.25, 0.3) is 29.5 Å². The zero-order valence-corrected chi connectivity index (χ0v) is 49.5. The molecule has 10 aliphatic heterocycles. The third-order valence-corrected chi connectivity index (χ3v) is 14.9. The van der Waals surface area contributed by atoms with Crippen LogP contribution in [0.15, 0.2) is 152 Å². The van der Waals surface area contributed by atoms with Crippen LogP contribution in [0.3, 0.4) is 0 Å². The molecule has 15 rings (SSSR count). The molecule has 10 amide bonds. The van der Waals surface area contributed by atoms with Crippen molar-refractivity contribution in [2.24, 2.45) is 0 Å². The van der Waals surface area contributed by atoms with Crippen molar-refractivity contribution in [3.05, 3.63) is 208 Å². The number of benzene rings is 5. The van der Waals surface area contributed by atoms with Gasteiger partial charge in [-0.05, 0) is 124 Å². The Morgan fingerprint density at radius 2 is 0.674 bits per heavy atom. The van der Waals surface area contributed by atoms with E-state index >= 15 is 0 Å². The van der Waals surface area contributed by atoms with E-state index in [1.807, 2.05) is 5.32 Å². The largest absolute Gasteiger partial charge is 0.398 e. The van der Waals surface area contributed by atoms with Crippen LogP contribution in [-0.4, -0.2) is 114 Å². The molecular formula is C70H75N15O10. The van der Waals surface area contributed by atoms with Gasteiger partial charge in [-0.25, -0.2) is 0 Å². The summed E-state index contributed by atoms with van der Waals surface area (Å²) in [6, 6.07) is -7.26. The number of amides is 10. The smallest absolute Gasteiger partial charge is 0.255 e. The highest BCUT2D eigenvalue weighted by Gasteiger charge is 2.44. The molecule has 5 unspecified atom stereocenters. The average molecular weight is 1320 g/mol. The molecule has 0 saturated carbocycles. The second kappa shape index (κ2) is 26.6. The van der Waals surface area contributed by atoms with Crippen LogP contribution >= 0.6 is 0 Å². The summed E-state index contributed by atoms with van der Waals surface area (Å²) in [5, 5.41) is 11.0. The molecule has 5 aromatic carbocycles. The highest BCUT2D eigenvalue weighted by Crippen LogP contribution is 2.37. The summed E-state index contributed by atoms with van der Waals surface area (Å²) in [7, 11) is 0. The molecule has 0 aromatic heterocycles. The van der Waals surface area contributed by atoms with Crippen LogP contribution in [0.2, 0.25) is 0 Å². The number of nitrogen functional groups attached to an aromatic ring is 5. The maximum absolute atomic E-state index is 12.9. The lowest BCUT2D eigenvalue weighted by molar-refractivity contribution is -0.127. The van der Waals surface area contributed by atoms with Gasteiger partial charge in [-0.3, -0.25) is 47.9 Å². The van der Waals surface area contributed by atoms with Crippen LogP contribution in [0, 0.1) is 0 Å². The summed E-state index contributed by atoms with van der Waals surface area (Å²) in [5.74, 6) is -9.75. The highest BCUT2D eigenvalue weighted by atomic mass is 16.2. The second-order valence-electron chi connectivity index (χ2n) is 21.2. The van der Waals surface area contributed by atoms with Gasteiger partial charge in [0, 0.05) is 167 Å². The lowest BCUT2D eigenvalue weighted by atomic mass is 10.0. The Hall–Kier alpha value is -11.5. The predicted molar refractivity (Wildman–Crippen MR) is 355 cm³/mol. The highest BCUT2D eigenvalue weighted by molar-refractivity contribution is 6.06. The van der Waals surface area contributed by atoms with Crippen molar-refractivity contribution in [1.29, 1.82) is 0 Å². The van der Waals surface area contributed by atoms with Crippen LogP contribution in [0.5, 0.6) is 0 Å². The van der Waals surface area contributed by atoms with Gasteiger partial charge in [0.15, 0.2) is 0 Å². The van der Waals surface area contributed by atoms with Crippen LogP contribution in [-0.2, 0) is 56.6 Å². The Balaban J connectivity index is 0.000000153. The zero-order valence-electron chi connectivity index (χ0n) is 80.5. The van der Waals surface area contributed by atoms with Gasteiger partial charge < -0.3 is 79.8 Å². The summed E-state index contributed by atoms with van der Waals surface area (Å²) < 4.78 is 249. The van der Waals surface area contributed by atoms with Gasteiger partial charge >= 0.3 is 0 Å². The molecule has 10 aliphatic rings. The minimum atomic E-state index is -3.08. The van der Waals surface area contributed by atoms with E-state index in [9.17, 15) is 47.9 Å². The molecule has 15 N–H and O–H groups in total.